The Morgan fingerprint density at radius 2 is 1.91 bits per heavy atom. The van der Waals surface area contributed by atoms with Crippen molar-refractivity contribution in [2.75, 3.05) is 6.61 Å². The minimum atomic E-state index is -1.56. The maximum atomic E-state index is 7.26. The molecule has 0 bridgehead atoms. The van der Waals surface area contributed by atoms with Crippen LogP contribution in [0.5, 0.6) is 0 Å². The van der Waals surface area contributed by atoms with E-state index in [1.165, 1.54) is 0 Å². The summed E-state index contributed by atoms with van der Waals surface area (Å²) in [7, 11) is -1.65. The molecule has 2 fully saturated rings. The van der Waals surface area contributed by atoms with Gasteiger partial charge in [-0.3, -0.25) is 0 Å². The van der Waals surface area contributed by atoms with Crippen molar-refractivity contribution >= 4 is 16.1 Å². The standard InChI is InChI=1S/C16H29BO4Si/c1-6-22(7-2,8-3)10-9-16(12-18-17)11-13-14(21-16)20-15(4,5)19-13/h13-14H,6-8,11-12,17H2,1-5H3/t13?,14-,16+/m1/s1/i17T. The van der Waals surface area contributed by atoms with Gasteiger partial charge in [0.2, 0.25) is 0 Å². The van der Waals surface area contributed by atoms with Crippen LogP contribution in [0.1, 0.15) is 41.0 Å². The first kappa shape index (κ1) is 16.5. The molecule has 124 valence electrons. The largest absolute Gasteiger partial charge is 0.440 e. The molecule has 0 radical (unpaired) electrons. The van der Waals surface area contributed by atoms with E-state index in [0.717, 1.165) is 18.1 Å². The van der Waals surface area contributed by atoms with Gasteiger partial charge in [-0.05, 0) is 32.0 Å². The lowest BCUT2D eigenvalue weighted by molar-refractivity contribution is -0.218. The highest BCUT2D eigenvalue weighted by atomic mass is 28.3. The molecule has 3 atom stereocenters. The lowest BCUT2D eigenvalue weighted by Gasteiger charge is -2.28. The second kappa shape index (κ2) is 6.66. The molecule has 1 unspecified atom stereocenters. The van der Waals surface area contributed by atoms with Crippen molar-refractivity contribution in [3.05, 3.63) is 0 Å². The molecule has 0 amide bonds. The van der Waals surface area contributed by atoms with Crippen LogP contribution in [-0.2, 0) is 18.9 Å². The van der Waals surface area contributed by atoms with Crippen LogP contribution in [0.2, 0.25) is 18.1 Å². The van der Waals surface area contributed by atoms with Gasteiger partial charge in [0.1, 0.15) is 14.2 Å². The van der Waals surface area contributed by atoms with Gasteiger partial charge in [-0.25, -0.2) is 0 Å². The van der Waals surface area contributed by atoms with Crippen molar-refractivity contribution in [3.8, 4) is 11.5 Å². The Kier molecular flexibility index (Phi) is 5.01. The molecule has 2 aliphatic heterocycles. The summed E-state index contributed by atoms with van der Waals surface area (Å²) >= 11 is 0. The van der Waals surface area contributed by atoms with Gasteiger partial charge in [-0.2, -0.15) is 0 Å². The Balaban J connectivity index is 2.20. The summed E-state index contributed by atoms with van der Waals surface area (Å²) in [6, 6.07) is 3.44. The zero-order chi connectivity index (χ0) is 17.1. The molecule has 0 saturated carbocycles. The Morgan fingerprint density at radius 1 is 1.23 bits per heavy atom. The fourth-order valence-electron chi connectivity index (χ4n) is 3.27. The summed E-state index contributed by atoms with van der Waals surface area (Å²) in [5.74, 6) is 2.79. The molecule has 0 spiro atoms. The van der Waals surface area contributed by atoms with E-state index in [4.69, 9.17) is 20.2 Å². The second-order valence-electron chi connectivity index (χ2n) is 6.80. The Morgan fingerprint density at radius 3 is 2.45 bits per heavy atom. The predicted octanol–water partition coefficient (Wildman–Crippen LogP) is 2.24. The normalized spacial score (nSPS) is 33.8. The van der Waals surface area contributed by atoms with Gasteiger partial charge in [-0.15, -0.1) is 5.54 Å². The summed E-state index contributed by atoms with van der Waals surface area (Å²) in [5.41, 5.74) is 2.89. The van der Waals surface area contributed by atoms with Crippen molar-refractivity contribution in [2.45, 2.75) is 83.0 Å². The molecule has 0 aromatic carbocycles. The van der Waals surface area contributed by atoms with Crippen LogP contribution in [-0.4, -0.2) is 47.8 Å². The van der Waals surface area contributed by atoms with Gasteiger partial charge in [0.25, 0.3) is 8.01 Å². The van der Waals surface area contributed by atoms with E-state index in [2.05, 4.69) is 32.2 Å². The average Bonchev–Trinajstić information content (AvgIpc) is 2.97. The first-order valence-corrected chi connectivity index (χ1v) is 10.9. The van der Waals surface area contributed by atoms with Crippen molar-refractivity contribution in [1.82, 2.24) is 0 Å². The van der Waals surface area contributed by atoms with Gasteiger partial charge in [-0.1, -0.05) is 26.7 Å². The minimum absolute atomic E-state index is 0.0900. The van der Waals surface area contributed by atoms with Crippen molar-refractivity contribution in [1.29, 1.82) is 1.34 Å². The van der Waals surface area contributed by atoms with Gasteiger partial charge < -0.3 is 18.9 Å². The average molecular weight is 326 g/mol. The minimum Gasteiger partial charge on any atom is -0.440 e. The van der Waals surface area contributed by atoms with E-state index in [0.29, 0.717) is 13.0 Å². The molecule has 2 heterocycles. The van der Waals surface area contributed by atoms with Crippen molar-refractivity contribution < 1.29 is 18.9 Å². The van der Waals surface area contributed by atoms with E-state index < -0.39 is 25.8 Å². The molecule has 0 aliphatic carbocycles. The molecule has 22 heavy (non-hydrogen) atoms. The summed E-state index contributed by atoms with van der Waals surface area (Å²) in [5, 5.41) is 0. The summed E-state index contributed by atoms with van der Waals surface area (Å²) < 4.78 is 30.5. The molecular formula is C16H29BO4Si. The third-order valence-electron chi connectivity index (χ3n) is 4.93. The van der Waals surface area contributed by atoms with Crippen LogP contribution in [0.3, 0.4) is 0 Å². The zero-order valence-corrected chi connectivity index (χ0v) is 15.5. The molecule has 2 aliphatic rings. The second-order valence-corrected chi connectivity index (χ2v) is 11.7. The van der Waals surface area contributed by atoms with E-state index >= 15 is 0 Å². The van der Waals surface area contributed by atoms with Gasteiger partial charge in [0.15, 0.2) is 17.7 Å². The number of hydrogen-bond donors (Lipinski definition) is 0. The first-order chi connectivity index (χ1) is 10.8. The Hall–Kier alpha value is -0.318. The number of ether oxygens (including phenoxy) is 3. The summed E-state index contributed by atoms with van der Waals surface area (Å²) in [6.07, 6.45) is 0.125. The van der Waals surface area contributed by atoms with Crippen LogP contribution >= 0.6 is 0 Å². The van der Waals surface area contributed by atoms with Crippen LogP contribution in [0.25, 0.3) is 0 Å². The monoisotopic (exact) mass is 326 g/mol. The Labute approximate surface area is 138 Å². The quantitative estimate of drug-likeness (QED) is 0.554. The molecule has 2 rings (SSSR count). The lowest BCUT2D eigenvalue weighted by atomic mass is 10.0. The maximum absolute atomic E-state index is 7.26. The van der Waals surface area contributed by atoms with Crippen LogP contribution in [0.4, 0.5) is 0 Å². The van der Waals surface area contributed by atoms with Crippen molar-refractivity contribution in [3.63, 3.8) is 0 Å². The van der Waals surface area contributed by atoms with Gasteiger partial charge >= 0.3 is 0 Å². The van der Waals surface area contributed by atoms with E-state index in [1.54, 1.807) is 0 Å². The third-order valence-corrected chi connectivity index (χ3v) is 9.65. The molecule has 0 N–H and O–H groups in total. The SMILES string of the molecule is [3H]BOC[C@]1(C#C[Si](CC)(CC)CC)CC2OC(C)(C)O[C@@H]2O1. The lowest BCUT2D eigenvalue weighted by Crippen LogP contribution is -2.38. The number of hydrogen-bond acceptors (Lipinski definition) is 4. The highest BCUT2D eigenvalue weighted by Gasteiger charge is 2.54. The maximum Gasteiger partial charge on any atom is 0.257 e. The predicted molar refractivity (Wildman–Crippen MR) is 91.7 cm³/mol. The summed E-state index contributed by atoms with van der Waals surface area (Å²) in [6.45, 7) is 10.8. The molecular weight excluding hydrogens is 295 g/mol. The topological polar surface area (TPSA) is 36.9 Å². The molecule has 6 heteroatoms. The molecule has 0 aromatic rings. The van der Waals surface area contributed by atoms with Crippen LogP contribution < -0.4 is 0 Å². The van der Waals surface area contributed by atoms with Gasteiger partial charge in [0, 0.05) is 7.76 Å². The molecule has 0 aromatic heterocycles. The highest BCUT2D eigenvalue weighted by Crippen LogP contribution is 2.42. The van der Waals surface area contributed by atoms with E-state index in [1.807, 2.05) is 13.8 Å². The Bertz CT molecular complexity index is 448. The van der Waals surface area contributed by atoms with Gasteiger partial charge in [0.05, 0.1) is 6.61 Å². The fraction of sp³-hybridized carbons (Fsp3) is 0.875. The number of rotatable bonds is 6. The number of fused-ring (bicyclic) bond motifs is 1. The molecule has 4 nitrogen and oxygen atoms in total. The fourth-order valence-corrected chi connectivity index (χ4v) is 5.80. The highest BCUT2D eigenvalue weighted by molar-refractivity contribution is 6.87. The summed E-state index contributed by atoms with van der Waals surface area (Å²) in [4.78, 5) is 0. The zero-order valence-electron chi connectivity index (χ0n) is 15.5. The van der Waals surface area contributed by atoms with Crippen LogP contribution in [0, 0.1) is 11.5 Å². The first-order valence-electron chi connectivity index (χ1n) is 8.98. The molecule has 2 saturated heterocycles. The van der Waals surface area contributed by atoms with Crippen molar-refractivity contribution in [2.24, 2.45) is 0 Å². The third kappa shape index (κ3) is 3.60. The van der Waals surface area contributed by atoms with E-state index in [9.17, 15) is 0 Å². The van der Waals surface area contributed by atoms with Crippen LogP contribution in [0.15, 0.2) is 0 Å². The van der Waals surface area contributed by atoms with E-state index in [-0.39, 0.29) is 14.1 Å². The smallest absolute Gasteiger partial charge is 0.257 e.